The molecular formula is C21H19N3O4S. The van der Waals surface area contributed by atoms with Crippen molar-refractivity contribution in [3.05, 3.63) is 77.0 Å². The summed E-state index contributed by atoms with van der Waals surface area (Å²) in [5.41, 5.74) is 2.02. The number of methoxy groups -OCH3 is 1. The first-order valence-corrected chi connectivity index (χ1v) is 9.58. The summed E-state index contributed by atoms with van der Waals surface area (Å²) in [5, 5.41) is 4.77. The Morgan fingerprint density at radius 3 is 2.48 bits per heavy atom. The highest BCUT2D eigenvalue weighted by Gasteiger charge is 2.36. The smallest absolute Gasteiger partial charge is 0.262 e. The van der Waals surface area contributed by atoms with E-state index in [9.17, 15) is 14.4 Å². The van der Waals surface area contributed by atoms with Crippen LogP contribution in [0.4, 0.5) is 5.13 Å². The molecule has 0 saturated heterocycles. The van der Waals surface area contributed by atoms with Gasteiger partial charge in [-0.25, -0.2) is 4.98 Å². The summed E-state index contributed by atoms with van der Waals surface area (Å²) in [5.74, 6) is -0.718. The number of benzene rings is 1. The van der Waals surface area contributed by atoms with Crippen molar-refractivity contribution in [3.8, 4) is 0 Å². The summed E-state index contributed by atoms with van der Waals surface area (Å²) in [7, 11) is 1.58. The number of nitrogens with one attached hydrogen (secondary N) is 1. The Morgan fingerprint density at radius 1 is 1.24 bits per heavy atom. The van der Waals surface area contributed by atoms with E-state index >= 15 is 0 Å². The van der Waals surface area contributed by atoms with Crippen molar-refractivity contribution in [1.29, 1.82) is 0 Å². The van der Waals surface area contributed by atoms with Gasteiger partial charge in [-0.3, -0.25) is 19.3 Å². The van der Waals surface area contributed by atoms with E-state index in [0.717, 1.165) is 16.2 Å². The quantitative estimate of drug-likeness (QED) is 0.430. The number of imide groups is 1. The van der Waals surface area contributed by atoms with Gasteiger partial charge in [0.05, 0.1) is 29.7 Å². The van der Waals surface area contributed by atoms with Crippen LogP contribution in [0.3, 0.4) is 0 Å². The number of carbonyl (C=O) groups excluding carboxylic acids is 3. The Kier molecular flexibility index (Phi) is 6.04. The Labute approximate surface area is 172 Å². The van der Waals surface area contributed by atoms with Crippen LogP contribution in [0.2, 0.25) is 0 Å². The van der Waals surface area contributed by atoms with Crippen molar-refractivity contribution in [2.24, 2.45) is 0 Å². The maximum absolute atomic E-state index is 12.4. The van der Waals surface area contributed by atoms with Crippen LogP contribution in [-0.2, 0) is 9.53 Å². The summed E-state index contributed by atoms with van der Waals surface area (Å²) >= 11 is 1.24. The topological polar surface area (TPSA) is 88.6 Å². The fourth-order valence-electron chi connectivity index (χ4n) is 2.68. The molecule has 1 aromatic heterocycles. The Balaban J connectivity index is 1.68. The lowest BCUT2D eigenvalue weighted by Gasteiger charge is -2.12. The van der Waals surface area contributed by atoms with Crippen LogP contribution < -0.4 is 5.32 Å². The van der Waals surface area contributed by atoms with Crippen LogP contribution in [0.25, 0.3) is 5.57 Å². The van der Waals surface area contributed by atoms with Crippen LogP contribution in [0.5, 0.6) is 0 Å². The highest BCUT2D eigenvalue weighted by Crippen LogP contribution is 2.24. The molecule has 2 aromatic rings. The number of nitrogens with zero attached hydrogens (tertiary/aromatic N) is 2. The normalized spacial score (nSPS) is 14.1. The summed E-state index contributed by atoms with van der Waals surface area (Å²) in [4.78, 5) is 42.4. The summed E-state index contributed by atoms with van der Waals surface area (Å²) in [6.07, 6.45) is 5.25. The molecule has 0 aliphatic carbocycles. The van der Waals surface area contributed by atoms with E-state index in [2.05, 4.69) is 16.9 Å². The monoisotopic (exact) mass is 409 g/mol. The number of aromatic nitrogens is 1. The molecule has 1 aliphatic heterocycles. The van der Waals surface area contributed by atoms with Crippen LogP contribution in [0.1, 0.15) is 33.3 Å². The molecule has 1 aliphatic rings. The number of fused-ring (bicyclic) bond motifs is 1. The Hall–Kier alpha value is -3.52. The molecular weight excluding hydrogens is 390 g/mol. The number of hydrogen-bond acceptors (Lipinski definition) is 6. The van der Waals surface area contributed by atoms with Gasteiger partial charge < -0.3 is 10.1 Å². The number of allylic oxidation sites excluding steroid dienone is 5. The number of amides is 3. The molecule has 1 N–H and O–H groups in total. The Morgan fingerprint density at radius 2 is 1.90 bits per heavy atom. The molecule has 29 heavy (non-hydrogen) atoms. The minimum absolute atomic E-state index is 0.307. The van der Waals surface area contributed by atoms with E-state index in [4.69, 9.17) is 4.74 Å². The van der Waals surface area contributed by atoms with Gasteiger partial charge in [0.25, 0.3) is 11.8 Å². The predicted octanol–water partition coefficient (Wildman–Crippen LogP) is 3.50. The lowest BCUT2D eigenvalue weighted by atomic mass is 10.1. The van der Waals surface area contributed by atoms with E-state index in [1.165, 1.54) is 11.3 Å². The van der Waals surface area contributed by atoms with Crippen molar-refractivity contribution in [3.63, 3.8) is 0 Å². The standard InChI is InChI=1S/C21H19N3O4S/c1-4-14(10-9-13(2)28-3)17-12-29-21(22-17)23-18(25)11-24-19(26)15-7-5-6-8-16(15)20(24)27/h4-10,12H,1,11H2,2-3H3,(H,22,23,25). The lowest BCUT2D eigenvalue weighted by molar-refractivity contribution is -0.116. The summed E-state index contributed by atoms with van der Waals surface area (Å²) < 4.78 is 5.09. The maximum Gasteiger partial charge on any atom is 0.262 e. The third-order valence-electron chi connectivity index (χ3n) is 4.27. The molecule has 0 spiro atoms. The number of carbonyl (C=O) groups is 3. The minimum atomic E-state index is -0.500. The predicted molar refractivity (Wildman–Crippen MR) is 111 cm³/mol. The third kappa shape index (κ3) is 4.33. The van der Waals surface area contributed by atoms with Crippen LogP contribution in [-0.4, -0.2) is 41.3 Å². The molecule has 0 bridgehead atoms. The van der Waals surface area contributed by atoms with Crippen LogP contribution in [0, 0.1) is 0 Å². The van der Waals surface area contributed by atoms with Crippen LogP contribution in [0.15, 0.2) is 60.2 Å². The molecule has 148 valence electrons. The van der Waals surface area contributed by atoms with Crippen molar-refractivity contribution >= 4 is 39.8 Å². The van der Waals surface area contributed by atoms with Gasteiger partial charge in [-0.15, -0.1) is 11.3 Å². The van der Waals surface area contributed by atoms with Crippen molar-refractivity contribution < 1.29 is 19.1 Å². The van der Waals surface area contributed by atoms with Crippen molar-refractivity contribution in [1.82, 2.24) is 9.88 Å². The average Bonchev–Trinajstić information content (AvgIpc) is 3.27. The second-order valence-corrected chi connectivity index (χ2v) is 6.99. The zero-order chi connectivity index (χ0) is 21.0. The first-order valence-electron chi connectivity index (χ1n) is 8.70. The highest BCUT2D eigenvalue weighted by atomic mass is 32.1. The van der Waals surface area contributed by atoms with E-state index in [-0.39, 0.29) is 6.54 Å². The van der Waals surface area contributed by atoms with Crippen LogP contribution >= 0.6 is 11.3 Å². The van der Waals surface area contributed by atoms with Gasteiger partial charge in [-0.05, 0) is 31.2 Å². The highest BCUT2D eigenvalue weighted by molar-refractivity contribution is 7.14. The first kappa shape index (κ1) is 20.2. The van der Waals surface area contributed by atoms with E-state index < -0.39 is 17.7 Å². The molecule has 7 nitrogen and oxygen atoms in total. The molecule has 2 heterocycles. The molecule has 0 unspecified atom stereocenters. The number of anilines is 1. The molecule has 0 radical (unpaired) electrons. The van der Waals surface area contributed by atoms with E-state index in [1.54, 1.807) is 48.9 Å². The molecule has 0 fully saturated rings. The van der Waals surface area contributed by atoms with Gasteiger partial charge in [0.15, 0.2) is 5.13 Å². The van der Waals surface area contributed by atoms with Gasteiger partial charge in [0.1, 0.15) is 6.54 Å². The SMILES string of the molecule is C=CC(=CC=C(C)OC)c1csc(NC(=O)CN2C(=O)c3ccccc3C2=O)n1. The van der Waals surface area contributed by atoms with Crippen molar-refractivity contribution in [2.45, 2.75) is 6.92 Å². The fraction of sp³-hybridized carbons (Fsp3) is 0.143. The van der Waals surface area contributed by atoms with E-state index in [0.29, 0.717) is 22.0 Å². The zero-order valence-corrected chi connectivity index (χ0v) is 16.8. The molecule has 0 saturated carbocycles. The van der Waals surface area contributed by atoms with Gasteiger partial charge in [0, 0.05) is 11.0 Å². The minimum Gasteiger partial charge on any atom is -0.501 e. The first-order chi connectivity index (χ1) is 13.9. The second-order valence-electron chi connectivity index (χ2n) is 6.14. The third-order valence-corrected chi connectivity index (χ3v) is 5.02. The molecule has 8 heteroatoms. The number of rotatable bonds is 7. The average molecular weight is 409 g/mol. The van der Waals surface area contributed by atoms with Crippen molar-refractivity contribution in [2.75, 3.05) is 19.0 Å². The molecule has 3 rings (SSSR count). The number of thiazole rings is 1. The number of hydrogen-bond donors (Lipinski definition) is 1. The summed E-state index contributed by atoms with van der Waals surface area (Å²) in [6, 6.07) is 6.50. The second kappa shape index (κ2) is 8.66. The number of ether oxygens (including phenoxy) is 1. The molecule has 3 amide bonds. The Bertz CT molecular complexity index is 1020. The maximum atomic E-state index is 12.4. The largest absolute Gasteiger partial charge is 0.501 e. The van der Waals surface area contributed by atoms with Gasteiger partial charge in [0.2, 0.25) is 5.91 Å². The van der Waals surface area contributed by atoms with Gasteiger partial charge >= 0.3 is 0 Å². The molecule has 1 aromatic carbocycles. The fourth-order valence-corrected chi connectivity index (χ4v) is 3.42. The summed E-state index contributed by atoms with van der Waals surface area (Å²) in [6.45, 7) is 5.22. The van der Waals surface area contributed by atoms with Gasteiger partial charge in [-0.1, -0.05) is 24.8 Å². The van der Waals surface area contributed by atoms with Gasteiger partial charge in [-0.2, -0.15) is 0 Å². The molecule has 0 atom stereocenters. The van der Waals surface area contributed by atoms with E-state index in [1.807, 2.05) is 13.0 Å². The lowest BCUT2D eigenvalue weighted by Crippen LogP contribution is -2.37. The zero-order valence-electron chi connectivity index (χ0n) is 16.0.